The fraction of sp³-hybridized carbons (Fsp3) is 0.263. The van der Waals surface area contributed by atoms with E-state index >= 15 is 0 Å². The summed E-state index contributed by atoms with van der Waals surface area (Å²) in [6.45, 7) is 3.34. The van der Waals surface area contributed by atoms with Gasteiger partial charge in [0.2, 0.25) is 0 Å². The van der Waals surface area contributed by atoms with Crippen molar-refractivity contribution in [3.63, 3.8) is 0 Å². The SMILES string of the molecule is CN1CCN(c2ccc([N+](=O)[O-])cc2NC(=O)c2cccc3ccnn23)CC1. The van der Waals surface area contributed by atoms with E-state index in [1.54, 1.807) is 35.0 Å². The number of hydrogen-bond acceptors (Lipinski definition) is 6. The van der Waals surface area contributed by atoms with Crippen molar-refractivity contribution >= 4 is 28.5 Å². The standard InChI is InChI=1S/C19H20N6O3/c1-22-9-11-23(12-10-22)17-6-5-15(25(27)28)13-16(17)21-19(26)18-4-2-3-14-7-8-20-24(14)18/h2-8,13H,9-12H2,1H3,(H,21,26). The van der Waals surface area contributed by atoms with Gasteiger partial charge in [0.1, 0.15) is 5.69 Å². The van der Waals surface area contributed by atoms with E-state index < -0.39 is 4.92 Å². The average Bonchev–Trinajstić information content (AvgIpc) is 3.17. The summed E-state index contributed by atoms with van der Waals surface area (Å²) < 4.78 is 1.54. The topological polar surface area (TPSA) is 96.0 Å². The predicted octanol–water partition coefficient (Wildman–Crippen LogP) is 2.25. The maximum atomic E-state index is 12.9. The van der Waals surface area contributed by atoms with Crippen LogP contribution in [-0.4, -0.2) is 58.6 Å². The number of non-ortho nitro benzene ring substituents is 1. The van der Waals surface area contributed by atoms with Gasteiger partial charge in [0, 0.05) is 38.3 Å². The predicted molar refractivity (Wildman–Crippen MR) is 106 cm³/mol. The molecule has 28 heavy (non-hydrogen) atoms. The normalized spacial score (nSPS) is 15.0. The first kappa shape index (κ1) is 17.9. The molecule has 0 spiro atoms. The molecule has 1 saturated heterocycles. The van der Waals surface area contributed by atoms with Crippen LogP contribution in [0.3, 0.4) is 0 Å². The number of benzene rings is 1. The summed E-state index contributed by atoms with van der Waals surface area (Å²) >= 11 is 0. The molecule has 2 aromatic heterocycles. The molecule has 1 aromatic carbocycles. The molecule has 0 aliphatic carbocycles. The lowest BCUT2D eigenvalue weighted by Gasteiger charge is -2.35. The molecule has 9 heteroatoms. The number of pyridine rings is 1. The number of anilines is 2. The van der Waals surface area contributed by atoms with E-state index in [2.05, 4.69) is 27.3 Å². The molecule has 1 N–H and O–H groups in total. The second-order valence-electron chi connectivity index (χ2n) is 6.78. The number of nitrogens with one attached hydrogen (secondary N) is 1. The number of nitrogens with zero attached hydrogens (tertiary/aromatic N) is 5. The number of rotatable bonds is 4. The van der Waals surface area contributed by atoms with Crippen LogP contribution in [0, 0.1) is 10.1 Å². The Morgan fingerprint density at radius 2 is 1.93 bits per heavy atom. The van der Waals surface area contributed by atoms with Crippen LogP contribution >= 0.6 is 0 Å². The summed E-state index contributed by atoms with van der Waals surface area (Å²) in [6, 6.07) is 11.7. The van der Waals surface area contributed by atoms with Gasteiger partial charge in [-0.05, 0) is 31.3 Å². The van der Waals surface area contributed by atoms with Crippen molar-refractivity contribution in [1.82, 2.24) is 14.5 Å². The van der Waals surface area contributed by atoms with Gasteiger partial charge >= 0.3 is 0 Å². The van der Waals surface area contributed by atoms with Crippen LogP contribution in [0.25, 0.3) is 5.52 Å². The van der Waals surface area contributed by atoms with Gasteiger partial charge in [-0.2, -0.15) is 5.10 Å². The summed E-state index contributed by atoms with van der Waals surface area (Å²) in [4.78, 5) is 28.1. The van der Waals surface area contributed by atoms with Gasteiger partial charge in [-0.3, -0.25) is 14.9 Å². The Balaban J connectivity index is 1.68. The molecule has 3 heterocycles. The summed E-state index contributed by atoms with van der Waals surface area (Å²) in [5.74, 6) is -0.370. The van der Waals surface area contributed by atoms with Crippen LogP contribution in [-0.2, 0) is 0 Å². The third-order valence-electron chi connectivity index (χ3n) is 4.94. The Labute approximate surface area is 161 Å². The number of piperazine rings is 1. The Bertz CT molecular complexity index is 1040. The maximum absolute atomic E-state index is 12.9. The van der Waals surface area contributed by atoms with Gasteiger partial charge in [0.15, 0.2) is 0 Å². The van der Waals surface area contributed by atoms with Crippen LogP contribution in [0.4, 0.5) is 17.1 Å². The van der Waals surface area contributed by atoms with E-state index in [1.807, 2.05) is 6.07 Å². The quantitative estimate of drug-likeness (QED) is 0.551. The highest BCUT2D eigenvalue weighted by molar-refractivity contribution is 6.05. The number of fused-ring (bicyclic) bond motifs is 1. The number of carbonyl (C=O) groups excluding carboxylic acids is 1. The molecule has 1 amide bonds. The molecule has 0 saturated carbocycles. The highest BCUT2D eigenvalue weighted by Gasteiger charge is 2.21. The zero-order valence-corrected chi connectivity index (χ0v) is 15.4. The molecule has 1 aliphatic heterocycles. The fourth-order valence-electron chi connectivity index (χ4n) is 3.37. The van der Waals surface area contributed by atoms with Crippen LogP contribution in [0.15, 0.2) is 48.7 Å². The maximum Gasteiger partial charge on any atom is 0.274 e. The molecule has 0 unspecified atom stereocenters. The van der Waals surface area contributed by atoms with Gasteiger partial charge in [0.05, 0.1) is 28.0 Å². The van der Waals surface area contributed by atoms with Crippen molar-refractivity contribution in [3.8, 4) is 0 Å². The number of carbonyl (C=O) groups is 1. The molecule has 1 fully saturated rings. The molecular weight excluding hydrogens is 360 g/mol. The fourth-order valence-corrected chi connectivity index (χ4v) is 3.37. The van der Waals surface area contributed by atoms with E-state index in [4.69, 9.17) is 0 Å². The van der Waals surface area contributed by atoms with E-state index in [-0.39, 0.29) is 11.6 Å². The van der Waals surface area contributed by atoms with Crippen molar-refractivity contribution < 1.29 is 9.72 Å². The van der Waals surface area contributed by atoms with Crippen LogP contribution in [0.5, 0.6) is 0 Å². The van der Waals surface area contributed by atoms with Crippen LogP contribution < -0.4 is 10.2 Å². The molecule has 1 aliphatic rings. The van der Waals surface area contributed by atoms with E-state index in [0.29, 0.717) is 11.4 Å². The number of nitro benzene ring substituents is 1. The molecule has 4 rings (SSSR count). The first-order valence-corrected chi connectivity index (χ1v) is 8.99. The van der Waals surface area contributed by atoms with Gasteiger partial charge in [-0.25, -0.2) is 4.52 Å². The summed E-state index contributed by atoms with van der Waals surface area (Å²) in [6.07, 6.45) is 1.62. The Hall–Kier alpha value is -3.46. The lowest BCUT2D eigenvalue weighted by molar-refractivity contribution is -0.384. The van der Waals surface area contributed by atoms with Crippen LogP contribution in [0.2, 0.25) is 0 Å². The average molecular weight is 380 g/mol. The summed E-state index contributed by atoms with van der Waals surface area (Å²) in [5.41, 5.74) is 2.29. The minimum atomic E-state index is -0.461. The third-order valence-corrected chi connectivity index (χ3v) is 4.94. The minimum Gasteiger partial charge on any atom is -0.367 e. The van der Waals surface area contributed by atoms with Gasteiger partial charge in [-0.1, -0.05) is 6.07 Å². The smallest absolute Gasteiger partial charge is 0.274 e. The second-order valence-corrected chi connectivity index (χ2v) is 6.78. The lowest BCUT2D eigenvalue weighted by Crippen LogP contribution is -2.44. The largest absolute Gasteiger partial charge is 0.367 e. The molecule has 9 nitrogen and oxygen atoms in total. The highest BCUT2D eigenvalue weighted by Crippen LogP contribution is 2.31. The zero-order valence-electron chi connectivity index (χ0n) is 15.4. The molecule has 144 valence electrons. The van der Waals surface area contributed by atoms with Crippen molar-refractivity contribution in [3.05, 3.63) is 64.5 Å². The number of nitro groups is 1. The Kier molecular flexibility index (Phi) is 4.66. The van der Waals surface area contributed by atoms with Crippen LogP contribution in [0.1, 0.15) is 10.5 Å². The monoisotopic (exact) mass is 380 g/mol. The van der Waals surface area contributed by atoms with Crippen molar-refractivity contribution in [1.29, 1.82) is 0 Å². The molecular formula is C19H20N6O3. The summed E-state index contributed by atoms with van der Waals surface area (Å²) in [7, 11) is 2.06. The van der Waals surface area contributed by atoms with Gasteiger partial charge < -0.3 is 15.1 Å². The van der Waals surface area contributed by atoms with E-state index in [0.717, 1.165) is 37.4 Å². The van der Waals surface area contributed by atoms with Crippen molar-refractivity contribution in [2.75, 3.05) is 43.4 Å². The van der Waals surface area contributed by atoms with Crippen molar-refractivity contribution in [2.24, 2.45) is 0 Å². The lowest BCUT2D eigenvalue weighted by atomic mass is 10.2. The number of likely N-dealkylation sites (N-methyl/N-ethyl adjacent to an activating group) is 1. The van der Waals surface area contributed by atoms with Gasteiger partial charge in [-0.15, -0.1) is 0 Å². The second kappa shape index (κ2) is 7.28. The molecule has 0 atom stereocenters. The molecule has 0 bridgehead atoms. The first-order chi connectivity index (χ1) is 13.5. The van der Waals surface area contributed by atoms with E-state index in [9.17, 15) is 14.9 Å². The number of hydrogen-bond donors (Lipinski definition) is 1. The Morgan fingerprint density at radius 1 is 1.14 bits per heavy atom. The number of aromatic nitrogens is 2. The molecule has 0 radical (unpaired) electrons. The number of amides is 1. The summed E-state index contributed by atoms with van der Waals surface area (Å²) in [5, 5.41) is 18.3. The third kappa shape index (κ3) is 3.39. The molecule has 3 aromatic rings. The Morgan fingerprint density at radius 3 is 2.68 bits per heavy atom. The van der Waals surface area contributed by atoms with Gasteiger partial charge in [0.25, 0.3) is 11.6 Å². The first-order valence-electron chi connectivity index (χ1n) is 8.99. The highest BCUT2D eigenvalue weighted by atomic mass is 16.6. The zero-order chi connectivity index (χ0) is 19.7. The van der Waals surface area contributed by atoms with Crippen molar-refractivity contribution in [2.45, 2.75) is 0 Å². The minimum absolute atomic E-state index is 0.0644. The van der Waals surface area contributed by atoms with E-state index in [1.165, 1.54) is 12.1 Å².